The van der Waals surface area contributed by atoms with E-state index in [2.05, 4.69) is 31.2 Å². The molecule has 0 unspecified atom stereocenters. The summed E-state index contributed by atoms with van der Waals surface area (Å²) in [5, 5.41) is 6.99. The SMILES string of the molecule is CC(C)(C)n1cc(/C=C/C(=O)c2ccc3c(c2)NC(=O)CO3)cn1. The lowest BCUT2D eigenvalue weighted by Gasteiger charge is -2.18. The van der Waals surface area contributed by atoms with E-state index in [1.807, 2.05) is 10.9 Å². The van der Waals surface area contributed by atoms with Gasteiger partial charge >= 0.3 is 0 Å². The van der Waals surface area contributed by atoms with Gasteiger partial charge in [0.15, 0.2) is 12.4 Å². The molecule has 3 rings (SSSR count). The van der Waals surface area contributed by atoms with Crippen molar-refractivity contribution in [3.63, 3.8) is 0 Å². The van der Waals surface area contributed by atoms with E-state index in [0.29, 0.717) is 17.0 Å². The fourth-order valence-corrected chi connectivity index (χ4v) is 2.29. The maximum atomic E-state index is 12.3. The predicted octanol–water partition coefficient (Wildman–Crippen LogP) is 2.87. The Morgan fingerprint density at radius 1 is 1.38 bits per heavy atom. The average Bonchev–Trinajstić information content (AvgIpc) is 3.01. The van der Waals surface area contributed by atoms with E-state index in [9.17, 15) is 9.59 Å². The number of ether oxygens (including phenoxy) is 1. The van der Waals surface area contributed by atoms with Crippen molar-refractivity contribution >= 4 is 23.5 Å². The van der Waals surface area contributed by atoms with Gasteiger partial charge in [0.05, 0.1) is 17.4 Å². The van der Waals surface area contributed by atoms with E-state index < -0.39 is 0 Å². The fourth-order valence-electron chi connectivity index (χ4n) is 2.29. The summed E-state index contributed by atoms with van der Waals surface area (Å²) in [6.45, 7) is 6.17. The number of allylic oxidation sites excluding steroid dienone is 1. The number of aromatic nitrogens is 2. The van der Waals surface area contributed by atoms with Gasteiger partial charge in [-0.25, -0.2) is 0 Å². The zero-order valence-corrected chi connectivity index (χ0v) is 13.9. The molecule has 0 saturated carbocycles. The Hall–Kier alpha value is -2.89. The average molecular weight is 325 g/mol. The number of anilines is 1. The molecule has 0 spiro atoms. The van der Waals surface area contributed by atoms with Crippen molar-refractivity contribution in [3.8, 4) is 5.75 Å². The Kier molecular flexibility index (Phi) is 3.97. The van der Waals surface area contributed by atoms with Gasteiger partial charge in [-0.1, -0.05) is 0 Å². The zero-order valence-electron chi connectivity index (χ0n) is 13.9. The van der Waals surface area contributed by atoms with E-state index in [-0.39, 0.29) is 23.8 Å². The third-order valence-corrected chi connectivity index (χ3v) is 3.61. The van der Waals surface area contributed by atoms with Gasteiger partial charge in [0.2, 0.25) is 0 Å². The van der Waals surface area contributed by atoms with Crippen LogP contribution in [-0.2, 0) is 10.3 Å². The third-order valence-electron chi connectivity index (χ3n) is 3.61. The number of amides is 1. The maximum absolute atomic E-state index is 12.3. The Morgan fingerprint density at radius 3 is 2.88 bits per heavy atom. The van der Waals surface area contributed by atoms with Gasteiger partial charge in [-0.05, 0) is 51.1 Å². The van der Waals surface area contributed by atoms with Crippen molar-refractivity contribution in [2.24, 2.45) is 0 Å². The van der Waals surface area contributed by atoms with Crippen LogP contribution in [0.15, 0.2) is 36.7 Å². The standard InChI is InChI=1S/C18H19N3O3/c1-18(2,3)21-10-12(9-19-21)4-6-15(22)13-5-7-16-14(8-13)20-17(23)11-24-16/h4-10H,11H2,1-3H3,(H,20,23)/b6-4+. The summed E-state index contributed by atoms with van der Waals surface area (Å²) in [4.78, 5) is 23.7. The summed E-state index contributed by atoms with van der Waals surface area (Å²) in [5.74, 6) is 0.194. The number of hydrogen-bond donors (Lipinski definition) is 1. The topological polar surface area (TPSA) is 73.2 Å². The van der Waals surface area contributed by atoms with Crippen LogP contribution in [0.25, 0.3) is 6.08 Å². The molecular weight excluding hydrogens is 306 g/mol. The number of rotatable bonds is 3. The summed E-state index contributed by atoms with van der Waals surface area (Å²) >= 11 is 0. The summed E-state index contributed by atoms with van der Waals surface area (Å²) in [6, 6.07) is 4.99. The molecule has 124 valence electrons. The number of hydrogen-bond acceptors (Lipinski definition) is 4. The maximum Gasteiger partial charge on any atom is 0.262 e. The number of benzene rings is 1. The number of nitrogens with one attached hydrogen (secondary N) is 1. The van der Waals surface area contributed by atoms with Crippen LogP contribution in [0.2, 0.25) is 0 Å². The molecule has 2 heterocycles. The van der Waals surface area contributed by atoms with Gasteiger partial charge in [0.1, 0.15) is 5.75 Å². The molecule has 0 fully saturated rings. The van der Waals surface area contributed by atoms with E-state index in [1.165, 1.54) is 6.08 Å². The quantitative estimate of drug-likeness (QED) is 0.695. The minimum absolute atomic E-state index is 0.00202. The molecule has 1 aromatic carbocycles. The molecule has 1 N–H and O–H groups in total. The highest BCUT2D eigenvalue weighted by Gasteiger charge is 2.17. The highest BCUT2D eigenvalue weighted by Crippen LogP contribution is 2.28. The molecule has 2 aromatic rings. The van der Waals surface area contributed by atoms with Gasteiger partial charge in [0.25, 0.3) is 5.91 Å². The third kappa shape index (κ3) is 3.37. The molecule has 1 aliphatic rings. The smallest absolute Gasteiger partial charge is 0.262 e. The van der Waals surface area contributed by atoms with Crippen LogP contribution < -0.4 is 10.1 Å². The molecule has 1 aliphatic heterocycles. The van der Waals surface area contributed by atoms with E-state index in [1.54, 1.807) is 30.5 Å². The fraction of sp³-hybridized carbons (Fsp3) is 0.278. The van der Waals surface area contributed by atoms with E-state index in [0.717, 1.165) is 5.56 Å². The largest absolute Gasteiger partial charge is 0.482 e. The summed E-state index contributed by atoms with van der Waals surface area (Å²) in [6.07, 6.45) is 6.84. The molecule has 0 atom stereocenters. The van der Waals surface area contributed by atoms with Crippen molar-refractivity contribution < 1.29 is 14.3 Å². The van der Waals surface area contributed by atoms with Crippen molar-refractivity contribution in [1.29, 1.82) is 0 Å². The molecule has 1 amide bonds. The second-order valence-electron chi connectivity index (χ2n) is 6.63. The number of fused-ring (bicyclic) bond motifs is 1. The summed E-state index contributed by atoms with van der Waals surface area (Å²) < 4.78 is 7.13. The molecule has 1 aromatic heterocycles. The Bertz CT molecular complexity index is 828. The van der Waals surface area contributed by atoms with Gasteiger partial charge < -0.3 is 10.1 Å². The van der Waals surface area contributed by atoms with Gasteiger partial charge in [-0.2, -0.15) is 5.10 Å². The number of carbonyl (C=O) groups is 2. The highest BCUT2D eigenvalue weighted by molar-refractivity contribution is 6.08. The van der Waals surface area contributed by atoms with Crippen LogP contribution in [0.1, 0.15) is 36.7 Å². The molecule has 0 aliphatic carbocycles. The van der Waals surface area contributed by atoms with Crippen LogP contribution in [0.5, 0.6) is 5.75 Å². The number of ketones is 1. The molecule has 24 heavy (non-hydrogen) atoms. The lowest BCUT2D eigenvalue weighted by molar-refractivity contribution is -0.118. The Morgan fingerprint density at radius 2 is 2.17 bits per heavy atom. The Labute approximate surface area is 140 Å². The molecular formula is C18H19N3O3. The first kappa shape index (κ1) is 16.0. The minimum atomic E-state index is -0.225. The molecule has 0 saturated heterocycles. The second-order valence-corrected chi connectivity index (χ2v) is 6.63. The van der Waals surface area contributed by atoms with E-state index in [4.69, 9.17) is 4.74 Å². The van der Waals surface area contributed by atoms with Crippen LogP contribution in [0.4, 0.5) is 5.69 Å². The highest BCUT2D eigenvalue weighted by atomic mass is 16.5. The van der Waals surface area contributed by atoms with Gasteiger partial charge in [0, 0.05) is 17.3 Å². The molecule has 6 nitrogen and oxygen atoms in total. The number of carbonyl (C=O) groups excluding carboxylic acids is 2. The lowest BCUT2D eigenvalue weighted by atomic mass is 10.1. The first-order valence-corrected chi connectivity index (χ1v) is 7.67. The van der Waals surface area contributed by atoms with E-state index >= 15 is 0 Å². The van der Waals surface area contributed by atoms with Crippen LogP contribution in [0, 0.1) is 0 Å². The van der Waals surface area contributed by atoms with Crippen LogP contribution in [-0.4, -0.2) is 28.1 Å². The van der Waals surface area contributed by atoms with Crippen molar-refractivity contribution in [2.45, 2.75) is 26.3 Å². The normalized spacial score (nSPS) is 14.2. The van der Waals surface area contributed by atoms with Gasteiger partial charge in [-0.3, -0.25) is 14.3 Å². The molecule has 6 heteroatoms. The van der Waals surface area contributed by atoms with Crippen molar-refractivity contribution in [2.75, 3.05) is 11.9 Å². The minimum Gasteiger partial charge on any atom is -0.482 e. The van der Waals surface area contributed by atoms with Gasteiger partial charge in [-0.15, -0.1) is 0 Å². The zero-order chi connectivity index (χ0) is 17.3. The molecule has 0 radical (unpaired) electrons. The monoisotopic (exact) mass is 325 g/mol. The van der Waals surface area contributed by atoms with Crippen molar-refractivity contribution in [1.82, 2.24) is 9.78 Å². The number of nitrogens with zero attached hydrogens (tertiary/aromatic N) is 2. The van der Waals surface area contributed by atoms with Crippen molar-refractivity contribution in [3.05, 3.63) is 47.8 Å². The predicted molar refractivity (Wildman–Crippen MR) is 91.2 cm³/mol. The first-order valence-electron chi connectivity index (χ1n) is 7.67. The van der Waals surface area contributed by atoms with Crippen LogP contribution >= 0.6 is 0 Å². The second kappa shape index (κ2) is 5.96. The first-order chi connectivity index (χ1) is 11.3. The summed E-state index contributed by atoms with van der Waals surface area (Å²) in [7, 11) is 0. The summed E-state index contributed by atoms with van der Waals surface area (Å²) in [5.41, 5.74) is 1.75. The van der Waals surface area contributed by atoms with Crippen LogP contribution in [0.3, 0.4) is 0 Å². The Balaban J connectivity index is 1.76. The molecule has 0 bridgehead atoms. The lowest BCUT2D eigenvalue weighted by Crippen LogP contribution is -2.25.